The predicted octanol–water partition coefficient (Wildman–Crippen LogP) is 3.31. The van der Waals surface area contributed by atoms with Crippen LogP contribution in [0.25, 0.3) is 0 Å². The summed E-state index contributed by atoms with van der Waals surface area (Å²) >= 11 is 0. The van der Waals surface area contributed by atoms with E-state index < -0.39 is 0 Å². The number of aryl methyl sites for hydroxylation is 2. The van der Waals surface area contributed by atoms with Crippen LogP contribution in [-0.4, -0.2) is 22.9 Å². The summed E-state index contributed by atoms with van der Waals surface area (Å²) in [4.78, 5) is 19.3. The SMILES string of the molecule is CNC(=O)c1ccc(C)cc1.Cc1cc(Cc2ccccc2)nc(N)n1. The summed E-state index contributed by atoms with van der Waals surface area (Å²) < 4.78 is 0. The van der Waals surface area contributed by atoms with E-state index in [1.165, 1.54) is 5.56 Å². The second-order valence-corrected chi connectivity index (χ2v) is 5.97. The minimum absolute atomic E-state index is 0.0370. The molecule has 0 aliphatic rings. The molecule has 5 heteroatoms. The molecular weight excluding hydrogens is 324 g/mol. The molecule has 0 spiro atoms. The number of aromatic nitrogens is 2. The second-order valence-electron chi connectivity index (χ2n) is 5.97. The van der Waals surface area contributed by atoms with Crippen LogP contribution < -0.4 is 11.1 Å². The first-order valence-electron chi connectivity index (χ1n) is 8.40. The lowest BCUT2D eigenvalue weighted by atomic mass is 10.1. The van der Waals surface area contributed by atoms with Gasteiger partial charge in [0.25, 0.3) is 5.91 Å². The monoisotopic (exact) mass is 348 g/mol. The number of nitrogens with two attached hydrogens (primary N) is 1. The Balaban J connectivity index is 0.000000197. The Kier molecular flexibility index (Phi) is 6.85. The van der Waals surface area contributed by atoms with Gasteiger partial charge in [-0.05, 0) is 37.6 Å². The van der Waals surface area contributed by atoms with Crippen molar-refractivity contribution >= 4 is 11.9 Å². The zero-order valence-electron chi connectivity index (χ0n) is 15.4. The van der Waals surface area contributed by atoms with Crippen LogP contribution in [0.2, 0.25) is 0 Å². The Morgan fingerprint density at radius 3 is 2.23 bits per heavy atom. The Morgan fingerprint density at radius 2 is 1.65 bits per heavy atom. The van der Waals surface area contributed by atoms with Gasteiger partial charge in [-0.15, -0.1) is 0 Å². The highest BCUT2D eigenvalue weighted by molar-refractivity contribution is 5.93. The maximum Gasteiger partial charge on any atom is 0.251 e. The highest BCUT2D eigenvalue weighted by Crippen LogP contribution is 2.09. The number of carbonyl (C=O) groups excluding carboxylic acids is 1. The predicted molar refractivity (Wildman–Crippen MR) is 105 cm³/mol. The largest absolute Gasteiger partial charge is 0.368 e. The van der Waals surface area contributed by atoms with Gasteiger partial charge in [0.05, 0.1) is 5.69 Å². The van der Waals surface area contributed by atoms with Gasteiger partial charge in [-0.3, -0.25) is 4.79 Å². The number of nitrogens with one attached hydrogen (secondary N) is 1. The molecule has 0 radical (unpaired) electrons. The van der Waals surface area contributed by atoms with Crippen molar-refractivity contribution in [3.63, 3.8) is 0 Å². The van der Waals surface area contributed by atoms with E-state index in [4.69, 9.17) is 5.73 Å². The minimum Gasteiger partial charge on any atom is -0.368 e. The number of hydrogen-bond acceptors (Lipinski definition) is 4. The van der Waals surface area contributed by atoms with Gasteiger partial charge in [-0.1, -0.05) is 48.0 Å². The van der Waals surface area contributed by atoms with E-state index in [9.17, 15) is 4.79 Å². The van der Waals surface area contributed by atoms with Gasteiger partial charge in [0.15, 0.2) is 0 Å². The van der Waals surface area contributed by atoms with Crippen LogP contribution in [0.15, 0.2) is 60.7 Å². The molecule has 2 aromatic carbocycles. The summed E-state index contributed by atoms with van der Waals surface area (Å²) in [6.45, 7) is 3.92. The van der Waals surface area contributed by atoms with Gasteiger partial charge >= 0.3 is 0 Å². The van der Waals surface area contributed by atoms with Gasteiger partial charge < -0.3 is 11.1 Å². The van der Waals surface area contributed by atoms with Crippen molar-refractivity contribution in [2.45, 2.75) is 20.3 Å². The topological polar surface area (TPSA) is 80.9 Å². The molecule has 26 heavy (non-hydrogen) atoms. The fraction of sp³-hybridized carbons (Fsp3) is 0.190. The molecule has 3 N–H and O–H groups in total. The lowest BCUT2D eigenvalue weighted by Crippen LogP contribution is -2.17. The summed E-state index contributed by atoms with van der Waals surface area (Å²) in [5.41, 5.74) is 10.6. The Labute approximate surface area is 154 Å². The molecular formula is C21H24N4O. The first kappa shape index (κ1) is 19.1. The average molecular weight is 348 g/mol. The molecule has 5 nitrogen and oxygen atoms in total. The number of hydrogen-bond donors (Lipinski definition) is 2. The highest BCUT2D eigenvalue weighted by atomic mass is 16.1. The van der Waals surface area contributed by atoms with Crippen LogP contribution in [-0.2, 0) is 6.42 Å². The van der Waals surface area contributed by atoms with Crippen molar-refractivity contribution in [3.8, 4) is 0 Å². The molecule has 0 saturated heterocycles. The zero-order chi connectivity index (χ0) is 18.9. The number of anilines is 1. The third-order valence-electron chi connectivity index (χ3n) is 3.69. The molecule has 0 aliphatic carbocycles. The normalized spacial score (nSPS) is 9.81. The molecule has 0 saturated carbocycles. The summed E-state index contributed by atoms with van der Waals surface area (Å²) in [7, 11) is 1.63. The van der Waals surface area contributed by atoms with E-state index in [2.05, 4.69) is 27.4 Å². The van der Waals surface area contributed by atoms with Gasteiger partial charge in [-0.25, -0.2) is 9.97 Å². The molecule has 0 unspecified atom stereocenters. The van der Waals surface area contributed by atoms with Gasteiger partial charge in [0.1, 0.15) is 0 Å². The van der Waals surface area contributed by atoms with Crippen LogP contribution in [0.1, 0.15) is 32.9 Å². The van der Waals surface area contributed by atoms with Gasteiger partial charge in [0.2, 0.25) is 5.95 Å². The van der Waals surface area contributed by atoms with Crippen LogP contribution in [0.5, 0.6) is 0 Å². The minimum atomic E-state index is -0.0370. The van der Waals surface area contributed by atoms with E-state index in [1.807, 2.05) is 62.4 Å². The molecule has 1 heterocycles. The molecule has 0 atom stereocenters. The van der Waals surface area contributed by atoms with Crippen LogP contribution in [0.4, 0.5) is 5.95 Å². The lowest BCUT2D eigenvalue weighted by molar-refractivity contribution is 0.0963. The number of benzene rings is 2. The lowest BCUT2D eigenvalue weighted by Gasteiger charge is -2.03. The smallest absolute Gasteiger partial charge is 0.251 e. The number of nitrogens with zero attached hydrogens (tertiary/aromatic N) is 2. The van der Waals surface area contributed by atoms with Crippen molar-refractivity contribution in [2.75, 3.05) is 12.8 Å². The molecule has 1 aromatic heterocycles. The maximum absolute atomic E-state index is 11.0. The average Bonchev–Trinajstić information content (AvgIpc) is 2.62. The Hall–Kier alpha value is -3.21. The van der Waals surface area contributed by atoms with Crippen molar-refractivity contribution in [3.05, 3.63) is 88.7 Å². The zero-order valence-corrected chi connectivity index (χ0v) is 15.4. The standard InChI is InChI=1S/C12H13N3.C9H11NO/c1-9-7-11(15-12(13)14-9)8-10-5-3-2-4-6-10;1-7-3-5-8(6-4-7)9(11)10-2/h2-7H,8H2,1H3,(H2,13,14,15);3-6H,1-2H3,(H,10,11). The first-order valence-corrected chi connectivity index (χ1v) is 8.40. The van der Waals surface area contributed by atoms with E-state index in [1.54, 1.807) is 7.05 Å². The number of nitrogen functional groups attached to an aromatic ring is 1. The summed E-state index contributed by atoms with van der Waals surface area (Å²) in [6, 6.07) is 19.6. The van der Waals surface area contributed by atoms with Crippen LogP contribution in [0, 0.1) is 13.8 Å². The van der Waals surface area contributed by atoms with Gasteiger partial charge in [0, 0.05) is 24.7 Å². The van der Waals surface area contributed by atoms with Gasteiger partial charge in [-0.2, -0.15) is 0 Å². The van der Waals surface area contributed by atoms with E-state index >= 15 is 0 Å². The van der Waals surface area contributed by atoms with E-state index in [-0.39, 0.29) is 5.91 Å². The summed E-state index contributed by atoms with van der Waals surface area (Å²) in [5.74, 6) is 0.311. The molecule has 1 amide bonds. The van der Waals surface area contributed by atoms with Crippen LogP contribution >= 0.6 is 0 Å². The van der Waals surface area contributed by atoms with Crippen molar-refractivity contribution in [1.82, 2.24) is 15.3 Å². The number of amides is 1. The van der Waals surface area contributed by atoms with Crippen molar-refractivity contribution in [1.29, 1.82) is 0 Å². The van der Waals surface area contributed by atoms with Crippen molar-refractivity contribution in [2.24, 2.45) is 0 Å². The van der Waals surface area contributed by atoms with E-state index in [0.29, 0.717) is 11.5 Å². The molecule has 0 aliphatic heterocycles. The summed E-state index contributed by atoms with van der Waals surface area (Å²) in [6.07, 6.45) is 0.800. The molecule has 134 valence electrons. The number of carbonyl (C=O) groups is 1. The second kappa shape index (κ2) is 9.32. The highest BCUT2D eigenvalue weighted by Gasteiger charge is 2.01. The number of rotatable bonds is 3. The third-order valence-corrected chi connectivity index (χ3v) is 3.69. The summed E-state index contributed by atoms with van der Waals surface area (Å²) in [5, 5.41) is 2.56. The molecule has 3 aromatic rings. The maximum atomic E-state index is 11.0. The fourth-order valence-electron chi connectivity index (χ4n) is 2.40. The van der Waals surface area contributed by atoms with Crippen LogP contribution in [0.3, 0.4) is 0 Å². The van der Waals surface area contributed by atoms with E-state index in [0.717, 1.165) is 23.4 Å². The first-order chi connectivity index (χ1) is 12.5. The fourth-order valence-corrected chi connectivity index (χ4v) is 2.40. The quantitative estimate of drug-likeness (QED) is 0.761. The van der Waals surface area contributed by atoms with Crippen molar-refractivity contribution < 1.29 is 4.79 Å². The Bertz CT molecular complexity index is 825. The molecule has 0 bridgehead atoms. The molecule has 3 rings (SSSR count). The third kappa shape index (κ3) is 6.02. The Morgan fingerprint density at radius 1 is 1.00 bits per heavy atom. The molecule has 0 fully saturated rings.